The van der Waals surface area contributed by atoms with E-state index in [1.807, 2.05) is 24.3 Å². The maximum absolute atomic E-state index is 12.8. The van der Waals surface area contributed by atoms with Gasteiger partial charge in [0.15, 0.2) is 0 Å². The number of fused-ring (bicyclic) bond motifs is 1. The Morgan fingerprint density at radius 3 is 2.69 bits per heavy atom. The van der Waals surface area contributed by atoms with Crippen molar-refractivity contribution in [2.75, 3.05) is 26.7 Å². The Morgan fingerprint density at radius 2 is 1.97 bits per heavy atom. The normalized spacial score (nSPS) is 14.3. The van der Waals surface area contributed by atoms with Gasteiger partial charge >= 0.3 is 0 Å². The lowest BCUT2D eigenvalue weighted by molar-refractivity contribution is 0.0933. The molecule has 1 aromatic carbocycles. The van der Waals surface area contributed by atoms with Crippen molar-refractivity contribution in [3.8, 4) is 5.75 Å². The van der Waals surface area contributed by atoms with Crippen LogP contribution in [0.5, 0.6) is 5.75 Å². The van der Waals surface area contributed by atoms with Crippen LogP contribution in [0.1, 0.15) is 59.9 Å². The molecule has 3 rings (SSSR count). The van der Waals surface area contributed by atoms with Gasteiger partial charge in [0.05, 0.1) is 13.2 Å². The number of carbonyl (C=O) groups excluding carboxylic acids is 1. The van der Waals surface area contributed by atoms with Gasteiger partial charge in [0.1, 0.15) is 11.3 Å². The smallest absolute Gasteiger partial charge is 0.261 e. The Kier molecular flexibility index (Phi) is 7.09. The number of aryl methyl sites for hydroxylation is 2. The average molecular weight is 398 g/mol. The van der Waals surface area contributed by atoms with Crippen LogP contribution < -0.4 is 15.6 Å². The van der Waals surface area contributed by atoms with E-state index in [4.69, 9.17) is 4.74 Å². The molecule has 0 aliphatic heterocycles. The number of likely N-dealkylation sites (N-methyl/N-ethyl adjacent to an activating group) is 1. The van der Waals surface area contributed by atoms with Crippen molar-refractivity contribution in [3.63, 3.8) is 0 Å². The molecule has 156 valence electrons. The molecule has 0 bridgehead atoms. The summed E-state index contributed by atoms with van der Waals surface area (Å²) in [5.41, 5.74) is 3.05. The SMILES string of the molecule is CCN(CC)C(CNC(=O)c1cc2c([nH]c1=O)CCCC2)c1cccc(OC)c1. The van der Waals surface area contributed by atoms with Gasteiger partial charge in [-0.3, -0.25) is 14.5 Å². The third-order valence-corrected chi connectivity index (χ3v) is 5.77. The van der Waals surface area contributed by atoms with Crippen LogP contribution in [0.15, 0.2) is 35.1 Å². The van der Waals surface area contributed by atoms with Crippen molar-refractivity contribution in [1.82, 2.24) is 15.2 Å². The van der Waals surface area contributed by atoms with E-state index >= 15 is 0 Å². The highest BCUT2D eigenvalue weighted by atomic mass is 16.5. The van der Waals surface area contributed by atoms with Crippen molar-refractivity contribution in [3.05, 3.63) is 63.1 Å². The van der Waals surface area contributed by atoms with Crippen molar-refractivity contribution in [1.29, 1.82) is 0 Å². The second kappa shape index (κ2) is 9.74. The number of ether oxygens (including phenoxy) is 1. The quantitative estimate of drug-likeness (QED) is 0.718. The molecule has 1 aliphatic rings. The number of nitrogens with one attached hydrogen (secondary N) is 2. The molecule has 0 spiro atoms. The van der Waals surface area contributed by atoms with Gasteiger partial charge in [-0.1, -0.05) is 26.0 Å². The van der Waals surface area contributed by atoms with Gasteiger partial charge in [0.2, 0.25) is 0 Å². The number of aromatic amines is 1. The third kappa shape index (κ3) is 4.88. The van der Waals surface area contributed by atoms with Gasteiger partial charge in [0, 0.05) is 12.2 Å². The van der Waals surface area contributed by atoms with E-state index in [9.17, 15) is 9.59 Å². The lowest BCUT2D eigenvalue weighted by atomic mass is 9.95. The molecule has 0 saturated heterocycles. The topological polar surface area (TPSA) is 74.4 Å². The van der Waals surface area contributed by atoms with Gasteiger partial charge in [-0.05, 0) is 68.1 Å². The summed E-state index contributed by atoms with van der Waals surface area (Å²) in [5.74, 6) is 0.469. The fourth-order valence-electron chi connectivity index (χ4n) is 4.10. The molecular formula is C23H31N3O3. The molecule has 0 fully saturated rings. The zero-order chi connectivity index (χ0) is 20.8. The van der Waals surface area contributed by atoms with Crippen molar-refractivity contribution in [2.24, 2.45) is 0 Å². The summed E-state index contributed by atoms with van der Waals surface area (Å²) >= 11 is 0. The summed E-state index contributed by atoms with van der Waals surface area (Å²) in [6.45, 7) is 6.34. The molecule has 1 aromatic heterocycles. The van der Waals surface area contributed by atoms with E-state index in [2.05, 4.69) is 29.0 Å². The highest BCUT2D eigenvalue weighted by Gasteiger charge is 2.22. The number of hydrogen-bond donors (Lipinski definition) is 2. The van der Waals surface area contributed by atoms with Crippen LogP contribution in [0.2, 0.25) is 0 Å². The number of H-pyrrole nitrogens is 1. The Labute approximate surface area is 172 Å². The Balaban J connectivity index is 1.80. The van der Waals surface area contributed by atoms with Crippen LogP contribution in [0.4, 0.5) is 0 Å². The van der Waals surface area contributed by atoms with E-state index in [-0.39, 0.29) is 23.1 Å². The van der Waals surface area contributed by atoms with Gasteiger partial charge in [0.25, 0.3) is 11.5 Å². The van der Waals surface area contributed by atoms with Crippen LogP contribution in [-0.2, 0) is 12.8 Å². The molecule has 2 aromatic rings. The Hall–Kier alpha value is -2.60. The molecule has 1 heterocycles. The van der Waals surface area contributed by atoms with Crippen LogP contribution in [0.3, 0.4) is 0 Å². The van der Waals surface area contributed by atoms with E-state index in [1.165, 1.54) is 0 Å². The molecular weight excluding hydrogens is 366 g/mol. The lowest BCUT2D eigenvalue weighted by Gasteiger charge is -2.30. The van der Waals surface area contributed by atoms with Crippen molar-refractivity contribution >= 4 is 5.91 Å². The number of nitrogens with zero attached hydrogens (tertiary/aromatic N) is 1. The number of amides is 1. The Bertz CT molecular complexity index is 902. The highest BCUT2D eigenvalue weighted by molar-refractivity contribution is 5.94. The minimum Gasteiger partial charge on any atom is -0.497 e. The number of hydrogen-bond acceptors (Lipinski definition) is 4. The molecule has 6 nitrogen and oxygen atoms in total. The molecule has 6 heteroatoms. The molecule has 1 aliphatic carbocycles. The monoisotopic (exact) mass is 397 g/mol. The van der Waals surface area contributed by atoms with Gasteiger partial charge in [-0.2, -0.15) is 0 Å². The van der Waals surface area contributed by atoms with E-state index in [0.717, 1.165) is 61.3 Å². The second-order valence-corrected chi connectivity index (χ2v) is 7.45. The number of methoxy groups -OCH3 is 1. The fraction of sp³-hybridized carbons (Fsp3) is 0.478. The molecule has 1 amide bonds. The molecule has 29 heavy (non-hydrogen) atoms. The average Bonchev–Trinajstić information content (AvgIpc) is 2.76. The predicted molar refractivity (Wildman–Crippen MR) is 115 cm³/mol. The maximum Gasteiger partial charge on any atom is 0.261 e. The first-order valence-corrected chi connectivity index (χ1v) is 10.5. The molecule has 0 radical (unpaired) electrons. The van der Waals surface area contributed by atoms with E-state index in [1.54, 1.807) is 13.2 Å². The molecule has 2 N–H and O–H groups in total. The lowest BCUT2D eigenvalue weighted by Crippen LogP contribution is -2.39. The van der Waals surface area contributed by atoms with Crippen molar-refractivity contribution < 1.29 is 9.53 Å². The van der Waals surface area contributed by atoms with Gasteiger partial charge in [-0.25, -0.2) is 0 Å². The minimum atomic E-state index is -0.320. The van der Waals surface area contributed by atoms with Crippen LogP contribution >= 0.6 is 0 Å². The summed E-state index contributed by atoms with van der Waals surface area (Å²) in [6.07, 6.45) is 3.98. The summed E-state index contributed by atoms with van der Waals surface area (Å²) in [4.78, 5) is 30.5. The summed E-state index contributed by atoms with van der Waals surface area (Å²) < 4.78 is 5.36. The first-order valence-electron chi connectivity index (χ1n) is 10.5. The molecule has 1 unspecified atom stereocenters. The van der Waals surface area contributed by atoms with Crippen molar-refractivity contribution in [2.45, 2.75) is 45.6 Å². The highest BCUT2D eigenvalue weighted by Crippen LogP contribution is 2.24. The zero-order valence-electron chi connectivity index (χ0n) is 17.6. The number of carbonyl (C=O) groups is 1. The molecule has 1 atom stereocenters. The fourth-order valence-corrected chi connectivity index (χ4v) is 4.10. The predicted octanol–water partition coefficient (Wildman–Crippen LogP) is 3.08. The summed E-state index contributed by atoms with van der Waals surface area (Å²) in [6, 6.07) is 9.69. The van der Waals surface area contributed by atoms with Crippen LogP contribution in [-0.4, -0.2) is 42.5 Å². The summed E-state index contributed by atoms with van der Waals surface area (Å²) in [7, 11) is 1.65. The number of aromatic nitrogens is 1. The second-order valence-electron chi connectivity index (χ2n) is 7.45. The van der Waals surface area contributed by atoms with Crippen LogP contribution in [0.25, 0.3) is 0 Å². The van der Waals surface area contributed by atoms with Crippen LogP contribution in [0, 0.1) is 0 Å². The van der Waals surface area contributed by atoms with Gasteiger partial charge in [-0.15, -0.1) is 0 Å². The van der Waals surface area contributed by atoms with Gasteiger partial charge < -0.3 is 15.0 Å². The largest absolute Gasteiger partial charge is 0.497 e. The number of benzene rings is 1. The minimum absolute atomic E-state index is 0.000703. The zero-order valence-corrected chi connectivity index (χ0v) is 17.6. The molecule has 0 saturated carbocycles. The number of pyridine rings is 1. The first-order chi connectivity index (χ1) is 14.1. The number of rotatable bonds is 8. The van der Waals surface area contributed by atoms with E-state index in [0.29, 0.717) is 6.54 Å². The Morgan fingerprint density at radius 1 is 1.21 bits per heavy atom. The summed E-state index contributed by atoms with van der Waals surface area (Å²) in [5, 5.41) is 2.99. The standard InChI is InChI=1S/C23H31N3O3/c1-4-26(5-2)21(17-10-8-11-18(13-17)29-3)15-24-22(27)19-14-16-9-6-7-12-20(16)25-23(19)28/h8,10-11,13-14,21H,4-7,9,12,15H2,1-3H3,(H,24,27)(H,25,28). The maximum atomic E-state index is 12.8. The third-order valence-electron chi connectivity index (χ3n) is 5.77. The van der Waals surface area contributed by atoms with E-state index < -0.39 is 0 Å². The first kappa shape index (κ1) is 21.1.